The van der Waals surface area contributed by atoms with E-state index >= 15 is 0 Å². The lowest BCUT2D eigenvalue weighted by Crippen LogP contribution is -2.59. The first-order valence-electron chi connectivity index (χ1n) is 6.56. The summed E-state index contributed by atoms with van der Waals surface area (Å²) in [6, 6.07) is 0. The van der Waals surface area contributed by atoms with Gasteiger partial charge in [0.2, 0.25) is 0 Å². The number of hydrogen-bond donors (Lipinski definition) is 1. The summed E-state index contributed by atoms with van der Waals surface area (Å²) < 4.78 is 5.93. The summed E-state index contributed by atoms with van der Waals surface area (Å²) in [7, 11) is 0. The van der Waals surface area contributed by atoms with Gasteiger partial charge in [-0.05, 0) is 31.7 Å². The van der Waals surface area contributed by atoms with Gasteiger partial charge in [-0.1, -0.05) is 13.8 Å². The van der Waals surface area contributed by atoms with Crippen molar-refractivity contribution in [1.82, 2.24) is 10.2 Å². The van der Waals surface area contributed by atoms with E-state index in [2.05, 4.69) is 31.0 Å². The maximum atomic E-state index is 5.93. The highest BCUT2D eigenvalue weighted by atomic mass is 16.5. The van der Waals surface area contributed by atoms with Crippen LogP contribution in [0.25, 0.3) is 0 Å². The molecule has 0 spiro atoms. The van der Waals surface area contributed by atoms with Crippen LogP contribution >= 0.6 is 0 Å². The van der Waals surface area contributed by atoms with Crippen LogP contribution in [-0.2, 0) is 4.74 Å². The zero-order chi connectivity index (χ0) is 11.6. The van der Waals surface area contributed by atoms with Crippen LogP contribution in [0.5, 0.6) is 0 Å². The highest BCUT2D eigenvalue weighted by Gasteiger charge is 2.32. The Bertz CT molecular complexity index is 236. The second kappa shape index (κ2) is 4.63. The standard InChI is InChI=1S/C13H26N2O/c1-12(2)5-4-6-15(11-12)7-8-16-13(3)9-14-10-13/h14H,4-11H2,1-3H3. The Kier molecular flexibility index (Phi) is 3.57. The summed E-state index contributed by atoms with van der Waals surface area (Å²) >= 11 is 0. The predicted octanol–water partition coefficient (Wildman–Crippen LogP) is 1.49. The number of ether oxygens (including phenoxy) is 1. The fourth-order valence-electron chi connectivity index (χ4n) is 2.74. The van der Waals surface area contributed by atoms with Crippen molar-refractivity contribution < 1.29 is 4.74 Å². The van der Waals surface area contributed by atoms with Gasteiger partial charge in [0.1, 0.15) is 0 Å². The molecule has 16 heavy (non-hydrogen) atoms. The second-order valence-corrected chi connectivity index (χ2v) is 6.45. The van der Waals surface area contributed by atoms with Gasteiger partial charge >= 0.3 is 0 Å². The van der Waals surface area contributed by atoms with E-state index in [1.807, 2.05) is 0 Å². The fourth-order valence-corrected chi connectivity index (χ4v) is 2.74. The molecule has 94 valence electrons. The van der Waals surface area contributed by atoms with Gasteiger partial charge < -0.3 is 15.0 Å². The molecule has 0 radical (unpaired) electrons. The van der Waals surface area contributed by atoms with Crippen LogP contribution in [0.3, 0.4) is 0 Å². The van der Waals surface area contributed by atoms with Crippen LogP contribution in [0.15, 0.2) is 0 Å². The van der Waals surface area contributed by atoms with E-state index in [4.69, 9.17) is 4.74 Å². The third-order valence-electron chi connectivity index (χ3n) is 3.84. The molecular weight excluding hydrogens is 200 g/mol. The van der Waals surface area contributed by atoms with Gasteiger partial charge in [-0.3, -0.25) is 0 Å². The first-order valence-corrected chi connectivity index (χ1v) is 6.56. The average molecular weight is 226 g/mol. The third kappa shape index (κ3) is 3.19. The summed E-state index contributed by atoms with van der Waals surface area (Å²) in [5, 5.41) is 3.26. The molecule has 2 rings (SSSR count). The van der Waals surface area contributed by atoms with Gasteiger partial charge in [0.05, 0.1) is 12.2 Å². The largest absolute Gasteiger partial charge is 0.371 e. The van der Waals surface area contributed by atoms with E-state index in [1.165, 1.54) is 25.9 Å². The van der Waals surface area contributed by atoms with Crippen LogP contribution in [0, 0.1) is 5.41 Å². The van der Waals surface area contributed by atoms with Crippen molar-refractivity contribution in [2.75, 3.05) is 39.3 Å². The molecular formula is C13H26N2O. The number of nitrogens with zero attached hydrogens (tertiary/aromatic N) is 1. The van der Waals surface area contributed by atoms with Crippen molar-refractivity contribution in [3.8, 4) is 0 Å². The fraction of sp³-hybridized carbons (Fsp3) is 1.00. The molecule has 2 aliphatic rings. The average Bonchev–Trinajstić information content (AvgIpc) is 2.13. The Labute approximate surface area is 99.5 Å². The maximum Gasteiger partial charge on any atom is 0.0902 e. The molecule has 0 aliphatic carbocycles. The molecule has 2 fully saturated rings. The molecule has 3 heteroatoms. The summed E-state index contributed by atoms with van der Waals surface area (Å²) in [5.41, 5.74) is 0.617. The lowest BCUT2D eigenvalue weighted by Gasteiger charge is -2.41. The third-order valence-corrected chi connectivity index (χ3v) is 3.84. The van der Waals surface area contributed by atoms with E-state index in [1.54, 1.807) is 0 Å². The Hall–Kier alpha value is -0.120. The van der Waals surface area contributed by atoms with E-state index in [-0.39, 0.29) is 5.60 Å². The van der Waals surface area contributed by atoms with E-state index < -0.39 is 0 Å². The van der Waals surface area contributed by atoms with Crippen LogP contribution in [0.2, 0.25) is 0 Å². The smallest absolute Gasteiger partial charge is 0.0902 e. The normalized spacial score (nSPS) is 28.7. The Morgan fingerprint density at radius 1 is 1.25 bits per heavy atom. The van der Waals surface area contributed by atoms with Gasteiger partial charge in [-0.15, -0.1) is 0 Å². The molecule has 0 amide bonds. The van der Waals surface area contributed by atoms with Gasteiger partial charge in [-0.25, -0.2) is 0 Å². The molecule has 0 unspecified atom stereocenters. The molecule has 0 aromatic carbocycles. The van der Waals surface area contributed by atoms with Crippen LogP contribution in [0.1, 0.15) is 33.6 Å². The number of likely N-dealkylation sites (tertiary alicyclic amines) is 1. The van der Waals surface area contributed by atoms with Gasteiger partial charge in [0, 0.05) is 26.2 Å². The van der Waals surface area contributed by atoms with Crippen molar-refractivity contribution in [3.05, 3.63) is 0 Å². The molecule has 2 saturated heterocycles. The molecule has 3 nitrogen and oxygen atoms in total. The minimum atomic E-state index is 0.116. The lowest BCUT2D eigenvalue weighted by atomic mass is 9.84. The Morgan fingerprint density at radius 2 is 2.00 bits per heavy atom. The number of piperidine rings is 1. The van der Waals surface area contributed by atoms with E-state index in [0.29, 0.717) is 5.41 Å². The zero-order valence-corrected chi connectivity index (χ0v) is 11.0. The zero-order valence-electron chi connectivity index (χ0n) is 11.0. The molecule has 0 aromatic heterocycles. The molecule has 0 atom stereocenters. The Morgan fingerprint density at radius 3 is 2.56 bits per heavy atom. The van der Waals surface area contributed by atoms with Gasteiger partial charge in [0.25, 0.3) is 0 Å². The molecule has 0 saturated carbocycles. The molecule has 0 bridgehead atoms. The van der Waals surface area contributed by atoms with Crippen LogP contribution < -0.4 is 5.32 Å². The topological polar surface area (TPSA) is 24.5 Å². The van der Waals surface area contributed by atoms with E-state index in [0.717, 1.165) is 26.2 Å². The summed E-state index contributed by atoms with van der Waals surface area (Å²) in [5.74, 6) is 0. The monoisotopic (exact) mass is 226 g/mol. The van der Waals surface area contributed by atoms with Crippen molar-refractivity contribution in [2.45, 2.75) is 39.2 Å². The van der Waals surface area contributed by atoms with Crippen molar-refractivity contribution in [1.29, 1.82) is 0 Å². The first-order chi connectivity index (χ1) is 7.49. The van der Waals surface area contributed by atoms with Crippen molar-refractivity contribution in [2.24, 2.45) is 5.41 Å². The van der Waals surface area contributed by atoms with Crippen LogP contribution in [0.4, 0.5) is 0 Å². The quantitative estimate of drug-likeness (QED) is 0.786. The van der Waals surface area contributed by atoms with Crippen molar-refractivity contribution >= 4 is 0 Å². The van der Waals surface area contributed by atoms with E-state index in [9.17, 15) is 0 Å². The minimum absolute atomic E-state index is 0.116. The summed E-state index contributed by atoms with van der Waals surface area (Å²) in [6.45, 7) is 13.4. The van der Waals surface area contributed by atoms with Gasteiger partial charge in [0.15, 0.2) is 0 Å². The highest BCUT2D eigenvalue weighted by molar-refractivity contribution is 4.90. The number of nitrogens with one attached hydrogen (secondary N) is 1. The summed E-state index contributed by atoms with van der Waals surface area (Å²) in [4.78, 5) is 2.55. The lowest BCUT2D eigenvalue weighted by molar-refractivity contribution is -0.0753. The second-order valence-electron chi connectivity index (χ2n) is 6.45. The SMILES string of the molecule is CC1(C)CCCN(CCOC2(C)CNC2)C1. The maximum absolute atomic E-state index is 5.93. The number of rotatable bonds is 4. The van der Waals surface area contributed by atoms with Crippen molar-refractivity contribution in [3.63, 3.8) is 0 Å². The van der Waals surface area contributed by atoms with Crippen LogP contribution in [-0.4, -0.2) is 49.8 Å². The predicted molar refractivity (Wildman–Crippen MR) is 66.7 cm³/mol. The number of hydrogen-bond acceptors (Lipinski definition) is 3. The summed E-state index contributed by atoms with van der Waals surface area (Å²) in [6.07, 6.45) is 2.71. The minimum Gasteiger partial charge on any atom is -0.371 e. The Balaban J connectivity index is 1.66. The molecule has 2 heterocycles. The van der Waals surface area contributed by atoms with Gasteiger partial charge in [-0.2, -0.15) is 0 Å². The first kappa shape index (κ1) is 12.3. The molecule has 1 N–H and O–H groups in total. The molecule has 0 aromatic rings. The highest BCUT2D eigenvalue weighted by Crippen LogP contribution is 2.28. The molecule has 2 aliphatic heterocycles.